The molecule has 6 N–H and O–H groups in total. The first-order valence-corrected chi connectivity index (χ1v) is 5.14. The van der Waals surface area contributed by atoms with Crippen molar-refractivity contribution in [2.45, 2.75) is 19.0 Å². The summed E-state index contributed by atoms with van der Waals surface area (Å²) in [4.78, 5) is 14.6. The predicted octanol–water partition coefficient (Wildman–Crippen LogP) is -0.367. The van der Waals surface area contributed by atoms with Crippen molar-refractivity contribution in [2.24, 2.45) is 16.6 Å². The van der Waals surface area contributed by atoms with Crippen LogP contribution in [-0.4, -0.2) is 23.5 Å². The summed E-state index contributed by atoms with van der Waals surface area (Å²) < 4.78 is 0. The SMILES string of the molecule is NNC=NCc1ccc(C[C@H](N)C(=O)O)cc1. The Labute approximate surface area is 99.3 Å². The molecule has 0 bridgehead atoms. The van der Waals surface area contributed by atoms with Gasteiger partial charge in [0.1, 0.15) is 6.04 Å². The number of hydrogen-bond donors (Lipinski definition) is 4. The van der Waals surface area contributed by atoms with Gasteiger partial charge >= 0.3 is 5.97 Å². The molecular formula is C11H16N4O2. The molecule has 1 aromatic carbocycles. The molecule has 6 heteroatoms. The van der Waals surface area contributed by atoms with Crippen molar-refractivity contribution in [3.8, 4) is 0 Å². The van der Waals surface area contributed by atoms with Gasteiger partial charge in [-0.05, 0) is 17.5 Å². The summed E-state index contributed by atoms with van der Waals surface area (Å²) >= 11 is 0. The van der Waals surface area contributed by atoms with Gasteiger partial charge in [0.05, 0.1) is 12.9 Å². The predicted molar refractivity (Wildman–Crippen MR) is 65.3 cm³/mol. The molecule has 0 unspecified atom stereocenters. The number of aliphatic imine (C=N–C) groups is 1. The molecule has 1 rings (SSSR count). The highest BCUT2D eigenvalue weighted by molar-refractivity contribution is 5.73. The maximum Gasteiger partial charge on any atom is 0.320 e. The van der Waals surface area contributed by atoms with Crippen LogP contribution in [0.15, 0.2) is 29.3 Å². The van der Waals surface area contributed by atoms with Crippen LogP contribution >= 0.6 is 0 Å². The molecule has 6 nitrogen and oxygen atoms in total. The maximum atomic E-state index is 10.6. The van der Waals surface area contributed by atoms with Gasteiger partial charge in [-0.1, -0.05) is 24.3 Å². The zero-order valence-electron chi connectivity index (χ0n) is 9.34. The normalized spacial score (nSPS) is 12.6. The zero-order chi connectivity index (χ0) is 12.7. The van der Waals surface area contributed by atoms with Crippen molar-refractivity contribution in [1.82, 2.24) is 5.43 Å². The van der Waals surface area contributed by atoms with Crippen molar-refractivity contribution in [2.75, 3.05) is 0 Å². The minimum absolute atomic E-state index is 0.323. The molecule has 0 aromatic heterocycles. The first-order valence-electron chi connectivity index (χ1n) is 5.14. The van der Waals surface area contributed by atoms with E-state index in [4.69, 9.17) is 16.7 Å². The molecule has 0 spiro atoms. The van der Waals surface area contributed by atoms with E-state index in [9.17, 15) is 4.79 Å². The summed E-state index contributed by atoms with van der Waals surface area (Å²) in [6.07, 6.45) is 1.73. The van der Waals surface area contributed by atoms with Gasteiger partial charge in [-0.2, -0.15) is 0 Å². The van der Waals surface area contributed by atoms with Crippen LogP contribution in [0.4, 0.5) is 0 Å². The lowest BCUT2D eigenvalue weighted by molar-refractivity contribution is -0.138. The average molecular weight is 236 g/mol. The monoisotopic (exact) mass is 236 g/mol. The average Bonchev–Trinajstić information content (AvgIpc) is 2.31. The van der Waals surface area contributed by atoms with E-state index >= 15 is 0 Å². The third kappa shape index (κ3) is 4.62. The van der Waals surface area contributed by atoms with Crippen LogP contribution in [0.1, 0.15) is 11.1 Å². The molecule has 0 fully saturated rings. The fraction of sp³-hybridized carbons (Fsp3) is 0.273. The van der Waals surface area contributed by atoms with Gasteiger partial charge in [-0.25, -0.2) is 5.84 Å². The third-order valence-corrected chi connectivity index (χ3v) is 2.24. The second-order valence-corrected chi connectivity index (χ2v) is 3.60. The third-order valence-electron chi connectivity index (χ3n) is 2.24. The minimum Gasteiger partial charge on any atom is -0.480 e. The molecule has 0 heterocycles. The maximum absolute atomic E-state index is 10.6. The van der Waals surface area contributed by atoms with Gasteiger partial charge in [-0.15, -0.1) is 0 Å². The number of nitrogens with one attached hydrogen (secondary N) is 1. The lowest BCUT2D eigenvalue weighted by Gasteiger charge is -2.06. The zero-order valence-corrected chi connectivity index (χ0v) is 9.34. The number of rotatable bonds is 6. The van der Waals surface area contributed by atoms with Gasteiger partial charge in [0.15, 0.2) is 0 Å². The van der Waals surface area contributed by atoms with Crippen LogP contribution in [0.2, 0.25) is 0 Å². The summed E-state index contributed by atoms with van der Waals surface area (Å²) in [5.74, 6) is 4.04. The molecule has 0 radical (unpaired) electrons. The number of carboxylic acid groups (broad SMARTS) is 1. The molecular weight excluding hydrogens is 220 g/mol. The number of carboxylic acids is 1. The molecule has 92 valence electrons. The second kappa shape index (κ2) is 6.62. The molecule has 17 heavy (non-hydrogen) atoms. The van der Waals surface area contributed by atoms with Crippen molar-refractivity contribution in [1.29, 1.82) is 0 Å². The Hall–Kier alpha value is -1.92. The number of carbonyl (C=O) groups is 1. The van der Waals surface area contributed by atoms with Crippen molar-refractivity contribution in [3.63, 3.8) is 0 Å². The van der Waals surface area contributed by atoms with E-state index in [0.29, 0.717) is 13.0 Å². The Morgan fingerprint density at radius 2 is 2.00 bits per heavy atom. The summed E-state index contributed by atoms with van der Waals surface area (Å²) in [7, 11) is 0. The van der Waals surface area contributed by atoms with E-state index in [1.165, 1.54) is 6.34 Å². The lowest BCUT2D eigenvalue weighted by atomic mass is 10.0. The Balaban J connectivity index is 2.55. The molecule has 1 aromatic rings. The van der Waals surface area contributed by atoms with E-state index in [1.54, 1.807) is 0 Å². The molecule has 0 aliphatic carbocycles. The van der Waals surface area contributed by atoms with E-state index < -0.39 is 12.0 Å². The topological polar surface area (TPSA) is 114 Å². The van der Waals surface area contributed by atoms with Crippen molar-refractivity contribution in [3.05, 3.63) is 35.4 Å². The number of nitrogens with two attached hydrogens (primary N) is 2. The standard InChI is InChI=1S/C11H16N4O2/c12-10(11(16)17)5-8-1-3-9(4-2-8)6-14-7-15-13/h1-4,7,10H,5-6,12-13H2,(H,14,15)(H,16,17)/t10-/m0/s1. The number of aliphatic carboxylic acids is 1. The lowest BCUT2D eigenvalue weighted by Crippen LogP contribution is -2.32. The molecule has 0 amide bonds. The Morgan fingerprint density at radius 3 is 2.53 bits per heavy atom. The van der Waals surface area contributed by atoms with Gasteiger partial charge in [0.25, 0.3) is 0 Å². The van der Waals surface area contributed by atoms with Crippen LogP contribution in [0.25, 0.3) is 0 Å². The van der Waals surface area contributed by atoms with Crippen LogP contribution in [0, 0.1) is 0 Å². The second-order valence-electron chi connectivity index (χ2n) is 3.60. The van der Waals surface area contributed by atoms with Gasteiger partial charge in [0.2, 0.25) is 0 Å². The molecule has 0 aliphatic rings. The van der Waals surface area contributed by atoms with E-state index in [-0.39, 0.29) is 0 Å². The summed E-state index contributed by atoms with van der Waals surface area (Å²) in [6, 6.07) is 6.61. The van der Waals surface area contributed by atoms with Crippen LogP contribution in [0.3, 0.4) is 0 Å². The first-order chi connectivity index (χ1) is 8.13. The highest BCUT2D eigenvalue weighted by atomic mass is 16.4. The van der Waals surface area contributed by atoms with Crippen molar-refractivity contribution < 1.29 is 9.90 Å². The molecule has 0 saturated heterocycles. The van der Waals surface area contributed by atoms with E-state index in [2.05, 4.69) is 10.4 Å². The van der Waals surface area contributed by atoms with Gasteiger partial charge < -0.3 is 16.3 Å². The fourth-order valence-corrected chi connectivity index (χ4v) is 1.33. The van der Waals surface area contributed by atoms with Crippen molar-refractivity contribution >= 4 is 12.3 Å². The van der Waals surface area contributed by atoms with Crippen LogP contribution < -0.4 is 17.0 Å². The highest BCUT2D eigenvalue weighted by Gasteiger charge is 2.11. The van der Waals surface area contributed by atoms with E-state index in [0.717, 1.165) is 11.1 Å². The van der Waals surface area contributed by atoms with Gasteiger partial charge in [0, 0.05) is 0 Å². The Morgan fingerprint density at radius 1 is 1.41 bits per heavy atom. The van der Waals surface area contributed by atoms with Gasteiger partial charge in [-0.3, -0.25) is 9.79 Å². The van der Waals surface area contributed by atoms with Crippen LogP contribution in [0.5, 0.6) is 0 Å². The Kier molecular flexibility index (Phi) is 5.12. The minimum atomic E-state index is -0.993. The summed E-state index contributed by atoms with van der Waals surface area (Å²) in [5.41, 5.74) is 9.66. The quantitative estimate of drug-likeness (QED) is 0.233. The summed E-state index contributed by atoms with van der Waals surface area (Å²) in [6.45, 7) is 0.523. The number of nitrogens with zero attached hydrogens (tertiary/aromatic N) is 1. The number of hydrogen-bond acceptors (Lipinski definition) is 4. The number of benzene rings is 1. The molecule has 1 atom stereocenters. The summed E-state index contributed by atoms with van der Waals surface area (Å²) in [5, 5.41) is 8.68. The van der Waals surface area contributed by atoms with Crippen LogP contribution in [-0.2, 0) is 17.8 Å². The first kappa shape index (κ1) is 13.1. The largest absolute Gasteiger partial charge is 0.480 e. The highest BCUT2D eigenvalue weighted by Crippen LogP contribution is 2.07. The smallest absolute Gasteiger partial charge is 0.320 e. The molecule has 0 saturated carbocycles. The fourth-order valence-electron chi connectivity index (χ4n) is 1.33. The molecule has 0 aliphatic heterocycles. The van der Waals surface area contributed by atoms with E-state index in [1.807, 2.05) is 24.3 Å². The Bertz CT molecular complexity index is 389. The number of hydrazine groups is 1.